The zero-order valence-corrected chi connectivity index (χ0v) is 20.1. The van der Waals surface area contributed by atoms with Crippen molar-refractivity contribution in [2.75, 3.05) is 11.4 Å². The van der Waals surface area contributed by atoms with Crippen molar-refractivity contribution in [2.45, 2.75) is 12.8 Å². The number of imide groups is 1. The van der Waals surface area contributed by atoms with Gasteiger partial charge in [0.2, 0.25) is 0 Å². The van der Waals surface area contributed by atoms with Gasteiger partial charge in [0.25, 0.3) is 17.1 Å². The summed E-state index contributed by atoms with van der Waals surface area (Å²) in [6, 6.07) is 16.0. The van der Waals surface area contributed by atoms with Crippen LogP contribution in [0.3, 0.4) is 0 Å². The van der Waals surface area contributed by atoms with Crippen molar-refractivity contribution in [2.24, 2.45) is 0 Å². The maximum Gasteiger partial charge on any atom is 0.303 e. The number of amides is 3. The van der Waals surface area contributed by atoms with Crippen molar-refractivity contribution < 1.29 is 24.3 Å². The Morgan fingerprint density at radius 3 is 2.06 bits per heavy atom. The molecule has 0 saturated carbocycles. The Labute approximate surface area is 209 Å². The van der Waals surface area contributed by atoms with E-state index in [1.165, 1.54) is 16.7 Å². The molecule has 4 rings (SSSR count). The third-order valence-corrected chi connectivity index (χ3v) is 7.23. The molecule has 7 nitrogen and oxygen atoms in total. The second-order valence-corrected chi connectivity index (χ2v) is 10.0. The Bertz CT molecular complexity index is 1240. The number of hydrogen-bond donors (Lipinski definition) is 1. The maximum absolute atomic E-state index is 12.7. The fraction of sp³-hybridized carbons (Fsp3) is 0.125. The topological polar surface area (TPSA) is 95.0 Å². The molecule has 0 aromatic heterocycles. The molecule has 0 bridgehead atoms. The van der Waals surface area contributed by atoms with Crippen molar-refractivity contribution in [3.8, 4) is 0 Å². The lowest BCUT2D eigenvalue weighted by atomic mass is 10.1. The van der Waals surface area contributed by atoms with Gasteiger partial charge in [-0.3, -0.25) is 24.1 Å². The fourth-order valence-electron chi connectivity index (χ4n) is 3.34. The summed E-state index contributed by atoms with van der Waals surface area (Å²) in [7, 11) is 0. The summed E-state index contributed by atoms with van der Waals surface area (Å²) in [6.07, 6.45) is 3.70. The van der Waals surface area contributed by atoms with Crippen LogP contribution in [0.2, 0.25) is 0 Å². The predicted molar refractivity (Wildman–Crippen MR) is 138 cm³/mol. The van der Waals surface area contributed by atoms with E-state index >= 15 is 0 Å². The zero-order valence-electron chi connectivity index (χ0n) is 17.7. The van der Waals surface area contributed by atoms with Gasteiger partial charge in [-0.2, -0.15) is 0 Å². The second kappa shape index (κ2) is 10.4. The Morgan fingerprint density at radius 1 is 0.882 bits per heavy atom. The highest BCUT2D eigenvalue weighted by atomic mass is 32.2. The number of carboxylic acid groups (broad SMARTS) is 1. The molecule has 10 heteroatoms. The number of aliphatic carboxylic acids is 1. The van der Waals surface area contributed by atoms with Crippen LogP contribution in [0.4, 0.5) is 10.5 Å². The molecule has 2 aromatic rings. The van der Waals surface area contributed by atoms with Gasteiger partial charge in [0, 0.05) is 13.0 Å². The lowest BCUT2D eigenvalue weighted by Crippen LogP contribution is -2.29. The second-order valence-electron chi connectivity index (χ2n) is 7.35. The molecule has 0 atom stereocenters. The van der Waals surface area contributed by atoms with Gasteiger partial charge >= 0.3 is 5.97 Å². The van der Waals surface area contributed by atoms with Crippen LogP contribution in [0.5, 0.6) is 0 Å². The summed E-state index contributed by atoms with van der Waals surface area (Å²) in [5.74, 6) is -1.51. The molecular weight excluding hydrogens is 492 g/mol. The van der Waals surface area contributed by atoms with Crippen molar-refractivity contribution in [1.29, 1.82) is 0 Å². The molecule has 2 aliphatic rings. The fourth-order valence-corrected chi connectivity index (χ4v) is 5.49. The molecule has 34 heavy (non-hydrogen) atoms. The van der Waals surface area contributed by atoms with Crippen molar-refractivity contribution in [3.63, 3.8) is 0 Å². The Balaban J connectivity index is 1.45. The molecule has 2 aromatic carbocycles. The van der Waals surface area contributed by atoms with Crippen LogP contribution < -0.4 is 4.90 Å². The highest BCUT2D eigenvalue weighted by Crippen LogP contribution is 2.36. The minimum atomic E-state index is -0.911. The molecule has 172 valence electrons. The molecule has 0 unspecified atom stereocenters. The standard InChI is InChI=1S/C24H18N2O5S3/c27-20(28)7-4-12-25-21(29)18(34-24(25)32)13-15-8-10-16(11-9-15)14-19-22(30)26(23(31)33-19)17-5-2-1-3-6-17/h1-3,5-6,8-11,13-14H,4,7,12H2,(H,27,28). The monoisotopic (exact) mass is 510 g/mol. The van der Waals surface area contributed by atoms with Gasteiger partial charge in [0.1, 0.15) is 4.32 Å². The first kappa shape index (κ1) is 23.9. The summed E-state index contributed by atoms with van der Waals surface area (Å²) in [4.78, 5) is 51.8. The smallest absolute Gasteiger partial charge is 0.303 e. The average molecular weight is 511 g/mol. The SMILES string of the molecule is O=C(O)CCCN1C(=O)C(=Cc2ccc(C=C3SC(=O)N(c4ccccc4)C3=O)cc2)SC1=S. The highest BCUT2D eigenvalue weighted by Gasteiger charge is 2.36. The summed E-state index contributed by atoms with van der Waals surface area (Å²) in [6.45, 7) is 0.269. The minimum Gasteiger partial charge on any atom is -0.481 e. The van der Waals surface area contributed by atoms with Gasteiger partial charge in [-0.25, -0.2) is 4.90 Å². The molecular formula is C24H18N2O5S3. The molecule has 2 fully saturated rings. The van der Waals surface area contributed by atoms with Crippen LogP contribution in [0.1, 0.15) is 24.0 Å². The van der Waals surface area contributed by atoms with E-state index in [4.69, 9.17) is 17.3 Å². The summed E-state index contributed by atoms with van der Waals surface area (Å²) in [5.41, 5.74) is 2.06. The van der Waals surface area contributed by atoms with Crippen LogP contribution in [0, 0.1) is 0 Å². The number of thioether (sulfide) groups is 2. The van der Waals surface area contributed by atoms with E-state index in [-0.39, 0.29) is 30.0 Å². The van der Waals surface area contributed by atoms with E-state index in [0.29, 0.717) is 26.2 Å². The number of thiocarbonyl (C=S) groups is 1. The molecule has 2 heterocycles. The number of carbonyl (C=O) groups excluding carboxylic acids is 3. The molecule has 2 aliphatic heterocycles. The normalized spacial score (nSPS) is 18.6. The third kappa shape index (κ3) is 5.30. The first-order valence-corrected chi connectivity index (χ1v) is 12.3. The van der Waals surface area contributed by atoms with Gasteiger partial charge in [-0.15, -0.1) is 0 Å². The third-order valence-electron chi connectivity index (χ3n) is 4.99. The first-order valence-electron chi connectivity index (χ1n) is 10.2. The largest absolute Gasteiger partial charge is 0.481 e. The van der Waals surface area contributed by atoms with E-state index in [9.17, 15) is 19.2 Å². The Kier molecular flexibility index (Phi) is 7.30. The van der Waals surface area contributed by atoms with Crippen molar-refractivity contribution in [3.05, 3.63) is 75.5 Å². The number of anilines is 1. The van der Waals surface area contributed by atoms with E-state index < -0.39 is 5.97 Å². The maximum atomic E-state index is 12.7. The van der Waals surface area contributed by atoms with Gasteiger partial charge in [0.15, 0.2) is 0 Å². The average Bonchev–Trinajstić information content (AvgIpc) is 3.24. The van der Waals surface area contributed by atoms with E-state index in [1.807, 2.05) is 18.2 Å². The highest BCUT2D eigenvalue weighted by molar-refractivity contribution is 8.26. The van der Waals surface area contributed by atoms with Crippen molar-refractivity contribution in [1.82, 2.24) is 4.90 Å². The van der Waals surface area contributed by atoms with Crippen LogP contribution in [-0.4, -0.2) is 43.9 Å². The number of para-hydroxylation sites is 1. The van der Waals surface area contributed by atoms with Crippen LogP contribution in [0.15, 0.2) is 64.4 Å². The van der Waals surface area contributed by atoms with Gasteiger partial charge in [-0.1, -0.05) is 66.4 Å². The van der Waals surface area contributed by atoms with Crippen molar-refractivity contribution >= 4 is 80.9 Å². The van der Waals surface area contributed by atoms with E-state index in [1.54, 1.807) is 48.6 Å². The van der Waals surface area contributed by atoms with Gasteiger partial charge in [-0.05, 0) is 53.6 Å². The summed E-state index contributed by atoms with van der Waals surface area (Å²) >= 11 is 7.34. The van der Waals surface area contributed by atoms with Crippen LogP contribution >= 0.6 is 35.7 Å². The van der Waals surface area contributed by atoms with E-state index in [2.05, 4.69) is 0 Å². The number of carboxylic acids is 1. The summed E-state index contributed by atoms with van der Waals surface area (Å²) in [5, 5.41) is 8.43. The Morgan fingerprint density at radius 2 is 1.47 bits per heavy atom. The molecule has 0 spiro atoms. The number of hydrogen-bond acceptors (Lipinski definition) is 7. The molecule has 3 amide bonds. The van der Waals surface area contributed by atoms with Crippen LogP contribution in [-0.2, 0) is 14.4 Å². The van der Waals surface area contributed by atoms with Crippen LogP contribution in [0.25, 0.3) is 12.2 Å². The van der Waals surface area contributed by atoms with Gasteiger partial charge < -0.3 is 5.11 Å². The molecule has 1 N–H and O–H groups in total. The molecule has 2 saturated heterocycles. The lowest BCUT2D eigenvalue weighted by molar-refractivity contribution is -0.137. The summed E-state index contributed by atoms with van der Waals surface area (Å²) < 4.78 is 0.410. The molecule has 0 aliphatic carbocycles. The predicted octanol–water partition coefficient (Wildman–Crippen LogP) is 4.99. The van der Waals surface area contributed by atoms with Gasteiger partial charge in [0.05, 0.1) is 15.5 Å². The number of carbonyl (C=O) groups is 4. The number of rotatable bonds is 7. The first-order chi connectivity index (χ1) is 16.3. The molecule has 0 radical (unpaired) electrons. The number of benzene rings is 2. The zero-order chi connectivity index (χ0) is 24.2. The lowest BCUT2D eigenvalue weighted by Gasteiger charge is -2.13. The van der Waals surface area contributed by atoms with E-state index in [0.717, 1.165) is 27.8 Å². The number of nitrogens with zero attached hydrogens (tertiary/aromatic N) is 2. The minimum absolute atomic E-state index is 0.0252. The Hall–Kier alpha value is -3.21. The quantitative estimate of drug-likeness (QED) is 0.411.